The van der Waals surface area contributed by atoms with E-state index in [4.69, 9.17) is 16.2 Å². The Kier molecular flexibility index (Phi) is 6.36. The first-order chi connectivity index (χ1) is 13.0. The second-order valence-corrected chi connectivity index (χ2v) is 7.63. The van der Waals surface area contributed by atoms with Crippen LogP contribution in [0.2, 0.25) is 0 Å². The summed E-state index contributed by atoms with van der Waals surface area (Å²) >= 11 is 0. The third-order valence-corrected chi connectivity index (χ3v) is 6.00. The molecule has 4 N–H and O–H groups in total. The van der Waals surface area contributed by atoms with Crippen LogP contribution in [0.3, 0.4) is 0 Å². The number of fused-ring (bicyclic) bond motifs is 1. The molecule has 2 atom stereocenters. The lowest BCUT2D eigenvalue weighted by molar-refractivity contribution is 0.131. The molecule has 8 nitrogen and oxygen atoms in total. The van der Waals surface area contributed by atoms with E-state index in [0.717, 1.165) is 76.0 Å². The van der Waals surface area contributed by atoms with Gasteiger partial charge in [0.15, 0.2) is 0 Å². The summed E-state index contributed by atoms with van der Waals surface area (Å²) in [7, 11) is 1.45. The number of ether oxygens (including phenoxy) is 1. The number of aryl methyl sites for hydroxylation is 1. The molecule has 150 valence electrons. The van der Waals surface area contributed by atoms with Crippen LogP contribution < -0.4 is 11.5 Å². The van der Waals surface area contributed by atoms with Crippen LogP contribution >= 0.6 is 0 Å². The number of hydrogen-bond acceptors (Lipinski definition) is 7. The van der Waals surface area contributed by atoms with Gasteiger partial charge in [0.05, 0.1) is 12.8 Å². The van der Waals surface area contributed by atoms with E-state index in [1.165, 1.54) is 7.11 Å². The molecule has 0 aromatic carbocycles. The van der Waals surface area contributed by atoms with E-state index >= 15 is 0 Å². The first-order valence-electron chi connectivity index (χ1n) is 9.99. The van der Waals surface area contributed by atoms with Crippen molar-refractivity contribution >= 4 is 17.9 Å². The molecule has 0 bridgehead atoms. The van der Waals surface area contributed by atoms with E-state index in [2.05, 4.69) is 21.8 Å². The predicted octanol–water partition coefficient (Wildman–Crippen LogP) is 1.69. The Bertz CT molecular complexity index is 668. The molecular formula is C19H32N6O2. The highest BCUT2D eigenvalue weighted by atomic mass is 16.5. The number of likely N-dealkylation sites (N-methyl/N-ethyl adjacent to an activating group) is 1. The van der Waals surface area contributed by atoms with Crippen LogP contribution in [0, 0.1) is 5.92 Å². The van der Waals surface area contributed by atoms with E-state index in [0.29, 0.717) is 17.8 Å². The average Bonchev–Trinajstić information content (AvgIpc) is 3.13. The van der Waals surface area contributed by atoms with Crippen LogP contribution in [-0.4, -0.2) is 65.2 Å². The number of carbonyl (C=O) groups is 1. The molecule has 8 heteroatoms. The van der Waals surface area contributed by atoms with E-state index in [1.807, 2.05) is 4.90 Å². The average molecular weight is 377 g/mol. The normalized spacial score (nSPS) is 22.1. The molecule has 1 saturated heterocycles. The Morgan fingerprint density at radius 3 is 2.89 bits per heavy atom. The molecule has 1 fully saturated rings. The van der Waals surface area contributed by atoms with Crippen molar-refractivity contribution in [2.24, 2.45) is 5.92 Å². The fraction of sp³-hybridized carbons (Fsp3) is 0.737. The van der Waals surface area contributed by atoms with Gasteiger partial charge in [0, 0.05) is 24.7 Å². The highest BCUT2D eigenvalue weighted by Gasteiger charge is 2.28. The van der Waals surface area contributed by atoms with Gasteiger partial charge in [-0.25, -0.2) is 9.78 Å². The van der Waals surface area contributed by atoms with Crippen LogP contribution in [0.1, 0.15) is 43.9 Å². The monoisotopic (exact) mass is 376 g/mol. The predicted molar refractivity (Wildman–Crippen MR) is 105 cm³/mol. The fourth-order valence-electron chi connectivity index (χ4n) is 4.50. The quantitative estimate of drug-likeness (QED) is 0.777. The summed E-state index contributed by atoms with van der Waals surface area (Å²) in [5.41, 5.74) is 13.9. The number of hydrogen-bond donors (Lipinski definition) is 2. The minimum Gasteiger partial charge on any atom is -0.453 e. The lowest BCUT2D eigenvalue weighted by Gasteiger charge is -2.34. The SMILES string of the molecule is CCN(CCCC1CCN(C(=O)OC)C1)C1CCc2nc(N)nc(N)c2C1. The molecule has 1 amide bonds. The lowest BCUT2D eigenvalue weighted by atomic mass is 9.90. The number of carbonyl (C=O) groups excluding carboxylic acids is 1. The van der Waals surface area contributed by atoms with Crippen LogP contribution in [0.5, 0.6) is 0 Å². The Labute approximate surface area is 161 Å². The smallest absolute Gasteiger partial charge is 0.409 e. The molecule has 1 aliphatic carbocycles. The number of rotatable bonds is 6. The Morgan fingerprint density at radius 2 is 2.15 bits per heavy atom. The summed E-state index contributed by atoms with van der Waals surface area (Å²) in [4.78, 5) is 24.5. The maximum absolute atomic E-state index is 11.6. The molecule has 1 aliphatic heterocycles. The van der Waals surface area contributed by atoms with Crippen molar-refractivity contribution in [3.63, 3.8) is 0 Å². The molecule has 1 aromatic heterocycles. The minimum absolute atomic E-state index is 0.200. The van der Waals surface area contributed by atoms with Gasteiger partial charge in [0.25, 0.3) is 0 Å². The van der Waals surface area contributed by atoms with E-state index in [-0.39, 0.29) is 12.0 Å². The Balaban J connectivity index is 1.49. The Morgan fingerprint density at radius 1 is 1.33 bits per heavy atom. The maximum Gasteiger partial charge on any atom is 0.409 e. The van der Waals surface area contributed by atoms with Gasteiger partial charge in [0.2, 0.25) is 5.95 Å². The molecule has 1 aromatic rings. The number of nitrogens with zero attached hydrogens (tertiary/aromatic N) is 4. The van der Waals surface area contributed by atoms with Crippen LogP contribution in [0.25, 0.3) is 0 Å². The van der Waals surface area contributed by atoms with Gasteiger partial charge in [-0.05, 0) is 57.5 Å². The summed E-state index contributed by atoms with van der Waals surface area (Å²) in [6.07, 6.45) is 6.05. The van der Waals surface area contributed by atoms with Crippen LogP contribution in [-0.2, 0) is 17.6 Å². The molecular weight excluding hydrogens is 344 g/mol. The van der Waals surface area contributed by atoms with Crippen molar-refractivity contribution in [2.45, 2.75) is 51.5 Å². The van der Waals surface area contributed by atoms with Gasteiger partial charge in [-0.15, -0.1) is 0 Å². The topological polar surface area (TPSA) is 111 Å². The zero-order chi connectivity index (χ0) is 19.4. The fourth-order valence-corrected chi connectivity index (χ4v) is 4.50. The van der Waals surface area contributed by atoms with Crippen molar-refractivity contribution in [1.29, 1.82) is 0 Å². The molecule has 0 radical (unpaired) electrons. The van der Waals surface area contributed by atoms with Crippen LogP contribution in [0.15, 0.2) is 0 Å². The van der Waals surface area contributed by atoms with E-state index in [9.17, 15) is 4.79 Å². The number of amides is 1. The third kappa shape index (κ3) is 4.61. The second-order valence-electron chi connectivity index (χ2n) is 7.63. The van der Waals surface area contributed by atoms with Crippen molar-refractivity contribution in [3.05, 3.63) is 11.3 Å². The summed E-state index contributed by atoms with van der Waals surface area (Å²) < 4.78 is 4.82. The summed E-state index contributed by atoms with van der Waals surface area (Å²) in [6, 6.07) is 0.479. The van der Waals surface area contributed by atoms with Gasteiger partial charge in [-0.2, -0.15) is 4.98 Å². The molecule has 2 aliphatic rings. The zero-order valence-electron chi connectivity index (χ0n) is 16.5. The van der Waals surface area contributed by atoms with Crippen molar-refractivity contribution in [1.82, 2.24) is 19.8 Å². The molecule has 3 rings (SSSR count). The number of methoxy groups -OCH3 is 1. The molecule has 0 spiro atoms. The highest BCUT2D eigenvalue weighted by Crippen LogP contribution is 2.28. The number of likely N-dealkylation sites (tertiary alicyclic amines) is 1. The molecule has 27 heavy (non-hydrogen) atoms. The molecule has 0 saturated carbocycles. The van der Waals surface area contributed by atoms with Gasteiger partial charge < -0.3 is 26.0 Å². The van der Waals surface area contributed by atoms with E-state index < -0.39 is 0 Å². The zero-order valence-corrected chi connectivity index (χ0v) is 16.5. The summed E-state index contributed by atoms with van der Waals surface area (Å²) in [5.74, 6) is 1.39. The maximum atomic E-state index is 11.6. The van der Waals surface area contributed by atoms with Crippen molar-refractivity contribution < 1.29 is 9.53 Å². The number of nitrogens with two attached hydrogens (primary N) is 2. The van der Waals surface area contributed by atoms with Crippen molar-refractivity contribution in [2.75, 3.05) is 44.8 Å². The standard InChI is InChI=1S/C19H32N6O2/c1-3-24(9-4-5-13-8-10-25(12-13)19(26)27-2)14-6-7-16-15(11-14)17(20)23-18(21)22-16/h13-14H,3-12H2,1-2H3,(H4,20,21,22,23). The third-order valence-electron chi connectivity index (χ3n) is 6.00. The lowest BCUT2D eigenvalue weighted by Crippen LogP contribution is -2.40. The van der Waals surface area contributed by atoms with Gasteiger partial charge in [-0.1, -0.05) is 6.92 Å². The first-order valence-corrected chi connectivity index (χ1v) is 9.99. The summed E-state index contributed by atoms with van der Waals surface area (Å²) in [5, 5.41) is 0. The molecule has 2 heterocycles. The summed E-state index contributed by atoms with van der Waals surface area (Å²) in [6.45, 7) is 5.95. The number of anilines is 2. The Hall–Kier alpha value is -2.09. The largest absolute Gasteiger partial charge is 0.453 e. The second kappa shape index (κ2) is 8.73. The van der Waals surface area contributed by atoms with Gasteiger partial charge in [-0.3, -0.25) is 0 Å². The first kappa shape index (κ1) is 19.7. The van der Waals surface area contributed by atoms with Crippen LogP contribution in [0.4, 0.5) is 16.6 Å². The van der Waals surface area contributed by atoms with Crippen molar-refractivity contribution in [3.8, 4) is 0 Å². The minimum atomic E-state index is -0.200. The molecule has 2 unspecified atom stereocenters. The van der Waals surface area contributed by atoms with Gasteiger partial charge >= 0.3 is 6.09 Å². The highest BCUT2D eigenvalue weighted by molar-refractivity contribution is 5.67. The number of nitrogen functional groups attached to an aromatic ring is 2. The number of aromatic nitrogens is 2. The van der Waals surface area contributed by atoms with E-state index in [1.54, 1.807) is 0 Å². The van der Waals surface area contributed by atoms with Gasteiger partial charge in [0.1, 0.15) is 5.82 Å².